The molecule has 0 saturated heterocycles. The first-order valence-electron chi connectivity index (χ1n) is 40.5. The minimum absolute atomic E-state index is 0. The Morgan fingerprint density at radius 3 is 0.853 bits per heavy atom. The largest absolute Gasteiger partial charge is 1.00 e. The Kier molecular flexibility index (Phi) is 58.4. The molecular formula is C80H132CrN13O20S2+. The molecule has 10 N–H and O–H groups in total. The summed E-state index contributed by atoms with van der Waals surface area (Å²) in [4.78, 5) is 49.4. The second-order valence-electron chi connectivity index (χ2n) is 27.9. The van der Waals surface area contributed by atoms with Gasteiger partial charge in [-0.1, -0.05) is 256 Å². The van der Waals surface area contributed by atoms with E-state index in [2.05, 4.69) is 66.1 Å². The van der Waals surface area contributed by atoms with Crippen LogP contribution in [-0.4, -0.2) is 209 Å². The van der Waals surface area contributed by atoms with Crippen LogP contribution < -0.4 is 11.1 Å². The molecule has 36 heteroatoms. The molecule has 2 aromatic heterocycles. The third-order valence-corrected chi connectivity index (χ3v) is 20.3. The van der Waals surface area contributed by atoms with Crippen LogP contribution in [0.1, 0.15) is 229 Å². The number of para-hydroxylation sites is 2. The Morgan fingerprint density at radius 1 is 0.405 bits per heavy atom. The number of aliphatic hydroxyl groups excluding tert-OH is 6. The number of hydrogen-bond acceptors (Lipinski definition) is 27. The van der Waals surface area contributed by atoms with Crippen molar-refractivity contribution in [2.24, 2.45) is 20.5 Å². The molecule has 0 aliphatic rings. The fourth-order valence-electron chi connectivity index (χ4n) is 12.2. The average molecular weight is 1710 g/mol. The monoisotopic (exact) mass is 1710 g/mol. The third kappa shape index (κ3) is 43.8. The second-order valence-corrected chi connectivity index (χ2v) is 30.7. The van der Waals surface area contributed by atoms with Gasteiger partial charge in [0.25, 0.3) is 31.6 Å². The first-order chi connectivity index (χ1) is 55.2. The van der Waals surface area contributed by atoms with E-state index in [0.717, 1.165) is 41.1 Å². The topological polar surface area (TPSA) is 486 Å². The van der Waals surface area contributed by atoms with Gasteiger partial charge in [0, 0.05) is 80.9 Å². The predicted molar refractivity (Wildman–Crippen MR) is 449 cm³/mol. The van der Waals surface area contributed by atoms with E-state index in [1.165, 1.54) is 206 Å². The van der Waals surface area contributed by atoms with E-state index >= 15 is 0 Å². The number of phenolic OH excluding ortho intramolecular Hbond substituents is 2. The van der Waals surface area contributed by atoms with E-state index < -0.39 is 85.2 Å². The molecule has 6 aromatic rings. The molecule has 4 aromatic carbocycles. The maximum atomic E-state index is 12.5. The molecule has 6 rings (SSSR count). The van der Waals surface area contributed by atoms with Crippen molar-refractivity contribution in [3.05, 3.63) is 137 Å². The van der Waals surface area contributed by atoms with Crippen molar-refractivity contribution < 1.29 is 98.3 Å². The van der Waals surface area contributed by atoms with Crippen molar-refractivity contribution in [3.63, 3.8) is 0 Å². The van der Waals surface area contributed by atoms with Gasteiger partial charge in [-0.15, -0.1) is 11.4 Å². The summed E-state index contributed by atoms with van der Waals surface area (Å²) in [5, 5.41) is 118. The number of non-ortho nitro benzene ring substituents is 2. The Balaban J connectivity index is -0.00000143. The van der Waals surface area contributed by atoms with Gasteiger partial charge in [0.2, 0.25) is 0 Å². The van der Waals surface area contributed by atoms with Gasteiger partial charge >= 0.3 is 4.28 Å². The van der Waals surface area contributed by atoms with Gasteiger partial charge in [0.15, 0.2) is 11.5 Å². The van der Waals surface area contributed by atoms with Crippen molar-refractivity contribution in [1.29, 1.82) is 0 Å². The molecule has 0 fully saturated rings. The third-order valence-electron chi connectivity index (χ3n) is 18.5. The molecular weight excluding hydrogens is 1580 g/mol. The molecule has 0 saturated carbocycles. The maximum absolute atomic E-state index is 12.5. The van der Waals surface area contributed by atoms with Crippen LogP contribution in [0.2, 0.25) is 0 Å². The zero-order chi connectivity index (χ0) is 85.2. The van der Waals surface area contributed by atoms with Crippen molar-refractivity contribution >= 4 is 54.4 Å². The van der Waals surface area contributed by atoms with Crippen LogP contribution in [0.4, 0.5) is 34.1 Å². The summed E-state index contributed by atoms with van der Waals surface area (Å²) >= 11 is 0. The number of nitro benzene ring substituents is 2. The number of benzene rings is 4. The Bertz CT molecular complexity index is 3770. The number of aryl methyl sites for hydroxylation is 2. The number of hydrogen-bond donors (Lipinski definition) is 10. The number of azo groups is 2. The van der Waals surface area contributed by atoms with E-state index in [4.69, 9.17) is 39.7 Å². The first kappa shape index (κ1) is 107. The number of phenols is 2. The number of rotatable bonds is 55. The molecule has 654 valence electrons. The van der Waals surface area contributed by atoms with Crippen LogP contribution in [0.25, 0.3) is 11.4 Å². The number of aromatic nitrogens is 4. The van der Waals surface area contributed by atoms with Crippen molar-refractivity contribution in [3.8, 4) is 22.9 Å². The molecule has 33 nitrogen and oxygen atoms in total. The molecule has 0 aliphatic heterocycles. The van der Waals surface area contributed by atoms with Gasteiger partial charge in [-0.25, -0.2) is 19.6 Å². The number of aromatic hydroxyl groups is 2. The average Bonchev–Trinajstić information content (AvgIpc) is 1.54. The van der Waals surface area contributed by atoms with Gasteiger partial charge in [-0.05, 0) is 63.2 Å². The molecule has 116 heavy (non-hydrogen) atoms. The van der Waals surface area contributed by atoms with E-state index in [1.807, 2.05) is 0 Å². The van der Waals surface area contributed by atoms with Crippen LogP contribution in [0.15, 0.2) is 125 Å². The number of unbranched alkanes of at least 4 members (excludes halogenated alkanes) is 27. The smallest absolute Gasteiger partial charge is 0.504 e. The van der Waals surface area contributed by atoms with Crippen molar-refractivity contribution in [2.75, 3.05) is 98.5 Å². The SMILES string of the molecule is CCCCCCCCCCCCN(CCO)CCO.CCCCCCCCCCCCN(CCO)CCO.CCCCCCCCCCCCN(CCO)CCO.Cc1nn(-c2ccccc2)c(=O)[c-]1N=Nc1cc([N+](=O)[O-])cc(S(=O)(=O)O)c1O.Cc1nn(-c2ccccc2)c(=O)[c-]1N=Nc1cc([N+](=O)[O-])cc(S(=O)(=O)O)c1O.[Cr].[H+].[H+].[H+]. The van der Waals surface area contributed by atoms with Gasteiger partial charge in [0.1, 0.15) is 32.3 Å². The zero-order valence-electron chi connectivity index (χ0n) is 71.5. The van der Waals surface area contributed by atoms with Crippen LogP contribution in [0.5, 0.6) is 11.5 Å². The number of nitrogens with zero attached hydrogens (tertiary/aromatic N) is 13. The second kappa shape index (κ2) is 63.6. The Hall–Kier alpha value is -7.51. The fraction of sp³-hybridized carbons (Fsp3) is 0.625. The Labute approximate surface area is 699 Å². The van der Waals surface area contributed by atoms with Crippen LogP contribution in [-0.2, 0) is 37.6 Å². The molecule has 0 atom stereocenters. The van der Waals surface area contributed by atoms with E-state index in [9.17, 15) is 56.9 Å². The van der Waals surface area contributed by atoms with Gasteiger partial charge in [0.05, 0.1) is 60.9 Å². The van der Waals surface area contributed by atoms with E-state index in [0.29, 0.717) is 62.8 Å². The molecule has 0 bridgehead atoms. The molecule has 0 aliphatic carbocycles. The maximum Gasteiger partial charge on any atom is 1.00 e. The first-order valence-corrected chi connectivity index (χ1v) is 43.4. The standard InChI is InChI=1S/2C16H12N5O7S.3C16H35NO2.Cr/c2*1-9-14(16(23)20(19-9)10-5-3-2-4-6-10)18-17-12-7-11(21(24)25)8-13(15(12)22)29(26,27)28;3*1-2-3-4-5-6-7-8-9-10-11-12-17(13-15-18)14-16-19;/h2*2-8,22H,1H3,(H,26,27,28);3*18-19H,2-16H2,1H3;/q2*-1;;;;/p+3. The number of nitro groups is 2. The van der Waals surface area contributed by atoms with Crippen LogP contribution in [0, 0.1) is 34.1 Å². The summed E-state index contributed by atoms with van der Waals surface area (Å²) in [5.74, 6) is -2.11. The van der Waals surface area contributed by atoms with E-state index in [1.54, 1.807) is 60.7 Å². The van der Waals surface area contributed by atoms with Crippen LogP contribution >= 0.6 is 0 Å². The normalized spacial score (nSPS) is 11.5. The van der Waals surface area contributed by atoms with Gasteiger partial charge in [-0.3, -0.25) is 44.0 Å². The number of aliphatic hydroxyl groups is 6. The van der Waals surface area contributed by atoms with Crippen molar-refractivity contribution in [1.82, 2.24) is 34.3 Å². The minimum atomic E-state index is -4.98. The zero-order valence-corrected chi connectivity index (χ0v) is 71.4. The fourth-order valence-corrected chi connectivity index (χ4v) is 13.4. The summed E-state index contributed by atoms with van der Waals surface area (Å²) in [6.45, 7) is 18.1. The van der Waals surface area contributed by atoms with Gasteiger partial charge < -0.3 is 60.7 Å². The van der Waals surface area contributed by atoms with Gasteiger partial charge in [-0.2, -0.15) is 27.1 Å². The van der Waals surface area contributed by atoms with Crippen LogP contribution in [0.3, 0.4) is 0 Å². The predicted octanol–water partition coefficient (Wildman–Crippen LogP) is 15.0. The molecule has 2 heterocycles. The van der Waals surface area contributed by atoms with E-state index in [-0.39, 0.29) is 84.0 Å². The molecule has 0 unspecified atom stereocenters. The minimum Gasteiger partial charge on any atom is -0.504 e. The van der Waals surface area contributed by atoms with Crippen molar-refractivity contribution in [2.45, 2.75) is 237 Å². The molecule has 0 amide bonds. The quantitative estimate of drug-likeness (QED) is 0.00423. The summed E-state index contributed by atoms with van der Waals surface area (Å²) in [7, 11) is -9.96. The summed E-state index contributed by atoms with van der Waals surface area (Å²) in [6, 6.07) is 19.3. The summed E-state index contributed by atoms with van der Waals surface area (Å²) in [5.41, 5.74) is -3.19. The molecule has 0 radical (unpaired) electrons. The summed E-state index contributed by atoms with van der Waals surface area (Å²) in [6.07, 6.45) is 40.5. The Morgan fingerprint density at radius 2 is 0.638 bits per heavy atom. The summed E-state index contributed by atoms with van der Waals surface area (Å²) < 4.78 is 65.9. The molecule has 0 spiro atoms.